The summed E-state index contributed by atoms with van der Waals surface area (Å²) in [5.41, 5.74) is 2.35. The second-order valence-corrected chi connectivity index (χ2v) is 6.13. The standard InChI is InChI=1S/C17H21N3O2/c1-11-7-6-8-14(12(11)2)15(21)19-17(9-4-5-10-17)16-18-13(3)22-20-16/h6-8H,4-5,9-10H2,1-3H3,(H,19,21). The molecule has 0 unspecified atom stereocenters. The molecular weight excluding hydrogens is 278 g/mol. The van der Waals surface area contributed by atoms with Crippen LogP contribution in [0.25, 0.3) is 0 Å². The Labute approximate surface area is 130 Å². The first-order chi connectivity index (χ1) is 10.5. The molecule has 0 saturated heterocycles. The quantitative estimate of drug-likeness (QED) is 0.945. The van der Waals surface area contributed by atoms with Gasteiger partial charge >= 0.3 is 0 Å². The Morgan fingerprint density at radius 3 is 2.59 bits per heavy atom. The zero-order valence-corrected chi connectivity index (χ0v) is 13.3. The normalized spacial score (nSPS) is 16.7. The number of nitrogens with zero attached hydrogens (tertiary/aromatic N) is 2. The largest absolute Gasteiger partial charge is 0.340 e. The third-order valence-electron chi connectivity index (χ3n) is 4.61. The van der Waals surface area contributed by atoms with Crippen molar-refractivity contribution in [1.29, 1.82) is 0 Å². The molecular formula is C17H21N3O2. The van der Waals surface area contributed by atoms with Crippen LogP contribution in [0.2, 0.25) is 0 Å². The number of benzene rings is 1. The summed E-state index contributed by atoms with van der Waals surface area (Å²) in [7, 11) is 0. The predicted octanol–water partition coefficient (Wildman–Crippen LogP) is 3.19. The Bertz CT molecular complexity index is 700. The van der Waals surface area contributed by atoms with E-state index in [1.165, 1.54) is 0 Å². The molecule has 1 N–H and O–H groups in total. The minimum Gasteiger partial charge on any atom is -0.340 e. The van der Waals surface area contributed by atoms with Crippen molar-refractivity contribution in [3.8, 4) is 0 Å². The highest BCUT2D eigenvalue weighted by Crippen LogP contribution is 2.37. The van der Waals surface area contributed by atoms with Gasteiger partial charge in [0.15, 0.2) is 5.82 Å². The monoisotopic (exact) mass is 299 g/mol. The van der Waals surface area contributed by atoms with Crippen LogP contribution in [0.1, 0.15) is 58.9 Å². The van der Waals surface area contributed by atoms with Crippen LogP contribution in [0.5, 0.6) is 0 Å². The van der Waals surface area contributed by atoms with Gasteiger partial charge in [-0.1, -0.05) is 30.1 Å². The molecule has 2 aromatic rings. The predicted molar refractivity (Wildman–Crippen MR) is 82.6 cm³/mol. The minimum absolute atomic E-state index is 0.0643. The highest BCUT2D eigenvalue weighted by Gasteiger charge is 2.41. The van der Waals surface area contributed by atoms with Gasteiger partial charge in [0.25, 0.3) is 5.91 Å². The van der Waals surface area contributed by atoms with Gasteiger partial charge in [0.05, 0.1) is 0 Å². The van der Waals surface area contributed by atoms with E-state index in [0.717, 1.165) is 36.8 Å². The maximum atomic E-state index is 12.8. The van der Waals surface area contributed by atoms with Crippen molar-refractivity contribution in [1.82, 2.24) is 15.5 Å². The van der Waals surface area contributed by atoms with Crippen molar-refractivity contribution < 1.29 is 9.32 Å². The van der Waals surface area contributed by atoms with Gasteiger partial charge in [-0.3, -0.25) is 4.79 Å². The third-order valence-corrected chi connectivity index (χ3v) is 4.61. The molecule has 1 amide bonds. The summed E-state index contributed by atoms with van der Waals surface area (Å²) in [6, 6.07) is 5.79. The van der Waals surface area contributed by atoms with Gasteiger partial charge in [0.1, 0.15) is 5.54 Å². The fourth-order valence-corrected chi connectivity index (χ4v) is 3.16. The number of hydrogen-bond donors (Lipinski definition) is 1. The van der Waals surface area contributed by atoms with E-state index in [1.54, 1.807) is 6.92 Å². The van der Waals surface area contributed by atoms with E-state index >= 15 is 0 Å². The van der Waals surface area contributed by atoms with Crippen molar-refractivity contribution in [3.05, 3.63) is 46.6 Å². The topological polar surface area (TPSA) is 68.0 Å². The lowest BCUT2D eigenvalue weighted by Gasteiger charge is -2.27. The van der Waals surface area contributed by atoms with Gasteiger partial charge in [-0.05, 0) is 43.9 Å². The molecule has 0 spiro atoms. The summed E-state index contributed by atoms with van der Waals surface area (Å²) in [5.74, 6) is 1.06. The summed E-state index contributed by atoms with van der Waals surface area (Å²) >= 11 is 0. The number of carbonyl (C=O) groups is 1. The molecule has 3 rings (SSSR count). The van der Waals surface area contributed by atoms with Crippen LogP contribution in [0.15, 0.2) is 22.7 Å². The summed E-state index contributed by atoms with van der Waals surface area (Å²) in [5, 5.41) is 7.24. The summed E-state index contributed by atoms with van der Waals surface area (Å²) in [6.07, 6.45) is 3.81. The van der Waals surface area contributed by atoms with Crippen LogP contribution in [-0.4, -0.2) is 16.0 Å². The molecule has 1 aromatic heterocycles. The summed E-state index contributed by atoms with van der Waals surface area (Å²) < 4.78 is 5.12. The molecule has 1 saturated carbocycles. The molecule has 1 aromatic carbocycles. The van der Waals surface area contributed by atoms with E-state index < -0.39 is 5.54 Å². The molecule has 1 aliphatic rings. The second-order valence-electron chi connectivity index (χ2n) is 6.13. The Balaban J connectivity index is 1.91. The second kappa shape index (κ2) is 5.55. The van der Waals surface area contributed by atoms with E-state index in [1.807, 2.05) is 32.0 Å². The van der Waals surface area contributed by atoms with E-state index in [9.17, 15) is 4.79 Å². The van der Waals surface area contributed by atoms with Crippen LogP contribution in [-0.2, 0) is 5.54 Å². The fraction of sp³-hybridized carbons (Fsp3) is 0.471. The third kappa shape index (κ3) is 2.51. The minimum atomic E-state index is -0.495. The highest BCUT2D eigenvalue weighted by atomic mass is 16.5. The number of aryl methyl sites for hydroxylation is 2. The van der Waals surface area contributed by atoms with Crippen LogP contribution in [0.4, 0.5) is 0 Å². The van der Waals surface area contributed by atoms with Gasteiger partial charge in [-0.2, -0.15) is 4.98 Å². The van der Waals surface area contributed by atoms with Crippen molar-refractivity contribution in [2.24, 2.45) is 0 Å². The highest BCUT2D eigenvalue weighted by molar-refractivity contribution is 5.96. The first-order valence-corrected chi connectivity index (χ1v) is 7.71. The molecule has 0 aliphatic heterocycles. The van der Waals surface area contributed by atoms with Gasteiger partial charge in [0.2, 0.25) is 5.89 Å². The zero-order valence-electron chi connectivity index (χ0n) is 13.3. The lowest BCUT2D eigenvalue weighted by Crippen LogP contribution is -2.45. The summed E-state index contributed by atoms with van der Waals surface area (Å²) in [4.78, 5) is 17.1. The molecule has 5 nitrogen and oxygen atoms in total. The van der Waals surface area contributed by atoms with Crippen LogP contribution in [0.3, 0.4) is 0 Å². The molecule has 0 atom stereocenters. The Hall–Kier alpha value is -2.17. The molecule has 0 bridgehead atoms. The molecule has 116 valence electrons. The van der Waals surface area contributed by atoms with Crippen molar-refractivity contribution in [2.45, 2.75) is 52.0 Å². The van der Waals surface area contributed by atoms with Crippen LogP contribution >= 0.6 is 0 Å². The molecule has 22 heavy (non-hydrogen) atoms. The van der Waals surface area contributed by atoms with Crippen LogP contribution < -0.4 is 5.32 Å². The number of rotatable bonds is 3. The van der Waals surface area contributed by atoms with Gasteiger partial charge < -0.3 is 9.84 Å². The lowest BCUT2D eigenvalue weighted by molar-refractivity contribution is 0.0891. The van der Waals surface area contributed by atoms with Gasteiger partial charge in [-0.25, -0.2) is 0 Å². The molecule has 1 heterocycles. The smallest absolute Gasteiger partial charge is 0.252 e. The van der Waals surface area contributed by atoms with Crippen LogP contribution in [0, 0.1) is 20.8 Å². The van der Waals surface area contributed by atoms with Crippen molar-refractivity contribution >= 4 is 5.91 Å². The van der Waals surface area contributed by atoms with E-state index in [-0.39, 0.29) is 5.91 Å². The number of carbonyl (C=O) groups excluding carboxylic acids is 1. The van der Waals surface area contributed by atoms with E-state index in [0.29, 0.717) is 17.3 Å². The molecule has 1 aliphatic carbocycles. The Kier molecular flexibility index (Phi) is 3.72. The van der Waals surface area contributed by atoms with E-state index in [2.05, 4.69) is 15.5 Å². The zero-order chi connectivity index (χ0) is 15.7. The lowest BCUT2D eigenvalue weighted by atomic mass is 9.94. The number of hydrogen-bond acceptors (Lipinski definition) is 4. The number of nitrogens with one attached hydrogen (secondary N) is 1. The average Bonchev–Trinajstić information content (AvgIpc) is 3.12. The fourth-order valence-electron chi connectivity index (χ4n) is 3.16. The maximum Gasteiger partial charge on any atom is 0.252 e. The summed E-state index contributed by atoms with van der Waals surface area (Å²) in [6.45, 7) is 5.76. The Morgan fingerprint density at radius 1 is 1.23 bits per heavy atom. The molecule has 0 radical (unpaired) electrons. The maximum absolute atomic E-state index is 12.8. The molecule has 5 heteroatoms. The average molecular weight is 299 g/mol. The van der Waals surface area contributed by atoms with E-state index in [4.69, 9.17) is 4.52 Å². The van der Waals surface area contributed by atoms with Gasteiger partial charge in [-0.15, -0.1) is 0 Å². The Morgan fingerprint density at radius 2 is 1.95 bits per heavy atom. The number of amides is 1. The first-order valence-electron chi connectivity index (χ1n) is 7.71. The SMILES string of the molecule is Cc1nc(C2(NC(=O)c3cccc(C)c3C)CCCC2)no1. The number of aromatic nitrogens is 2. The van der Waals surface area contributed by atoms with Gasteiger partial charge in [0, 0.05) is 12.5 Å². The molecule has 1 fully saturated rings. The first kappa shape index (κ1) is 14.8. The van der Waals surface area contributed by atoms with Crippen molar-refractivity contribution in [2.75, 3.05) is 0 Å². The van der Waals surface area contributed by atoms with Crippen molar-refractivity contribution in [3.63, 3.8) is 0 Å².